The quantitative estimate of drug-likeness (QED) is 0.847. The van der Waals surface area contributed by atoms with E-state index in [2.05, 4.69) is 9.88 Å². The number of morpholine rings is 1. The normalized spacial score (nSPS) is 15.8. The van der Waals surface area contributed by atoms with Gasteiger partial charge >= 0.3 is 0 Å². The number of nitrogens with zero attached hydrogens (tertiary/aromatic N) is 2. The summed E-state index contributed by atoms with van der Waals surface area (Å²) in [5.74, 6) is -1.69. The molecule has 3 nitrogen and oxygen atoms in total. The highest BCUT2D eigenvalue weighted by atomic mass is 32.1. The van der Waals surface area contributed by atoms with Crippen molar-refractivity contribution < 1.29 is 13.5 Å². The van der Waals surface area contributed by atoms with E-state index in [4.69, 9.17) is 4.74 Å². The molecule has 1 aromatic heterocycles. The predicted molar refractivity (Wildman–Crippen MR) is 70.5 cm³/mol. The SMILES string of the molecule is Fc1ccc(-c2csc(N3CCOCC3)n2)cc1F. The summed E-state index contributed by atoms with van der Waals surface area (Å²) in [5.41, 5.74) is 1.26. The smallest absolute Gasteiger partial charge is 0.186 e. The van der Waals surface area contributed by atoms with Crippen molar-refractivity contribution in [3.8, 4) is 11.3 Å². The number of rotatable bonds is 2. The first kappa shape index (κ1) is 12.5. The van der Waals surface area contributed by atoms with Crippen LogP contribution in [0.2, 0.25) is 0 Å². The van der Waals surface area contributed by atoms with E-state index in [0.29, 0.717) is 24.5 Å². The van der Waals surface area contributed by atoms with Crippen LogP contribution in [0, 0.1) is 11.6 Å². The van der Waals surface area contributed by atoms with Crippen LogP contribution in [0.4, 0.5) is 13.9 Å². The summed E-state index contributed by atoms with van der Waals surface area (Å²) >= 11 is 1.50. The number of anilines is 1. The molecule has 1 fully saturated rings. The zero-order chi connectivity index (χ0) is 13.2. The van der Waals surface area contributed by atoms with Gasteiger partial charge in [0.2, 0.25) is 0 Å². The second kappa shape index (κ2) is 5.22. The molecular weight excluding hydrogens is 270 g/mol. The zero-order valence-corrected chi connectivity index (χ0v) is 10.9. The minimum absolute atomic E-state index is 0.592. The number of benzene rings is 1. The number of thiazole rings is 1. The first-order chi connectivity index (χ1) is 9.24. The Kier molecular flexibility index (Phi) is 3.44. The number of ether oxygens (including phenoxy) is 1. The fourth-order valence-corrected chi connectivity index (χ4v) is 2.84. The minimum Gasteiger partial charge on any atom is -0.378 e. The average molecular weight is 282 g/mol. The minimum atomic E-state index is -0.849. The Hall–Kier alpha value is -1.53. The molecule has 1 aliphatic rings. The topological polar surface area (TPSA) is 25.4 Å². The second-order valence-corrected chi connectivity index (χ2v) is 5.08. The van der Waals surface area contributed by atoms with Crippen LogP contribution in [0.1, 0.15) is 0 Å². The maximum absolute atomic E-state index is 13.2. The molecule has 0 saturated carbocycles. The Bertz CT molecular complexity index is 582. The van der Waals surface area contributed by atoms with Crippen LogP contribution in [0.15, 0.2) is 23.6 Å². The third-order valence-corrected chi connectivity index (χ3v) is 3.89. The molecule has 0 amide bonds. The summed E-state index contributed by atoms with van der Waals surface area (Å²) < 4.78 is 31.4. The van der Waals surface area contributed by atoms with Gasteiger partial charge in [0.05, 0.1) is 18.9 Å². The van der Waals surface area contributed by atoms with Crippen LogP contribution in [-0.4, -0.2) is 31.3 Å². The molecule has 1 aromatic carbocycles. The van der Waals surface area contributed by atoms with Crippen LogP contribution in [0.5, 0.6) is 0 Å². The predicted octanol–water partition coefficient (Wildman–Crippen LogP) is 2.92. The Morgan fingerprint density at radius 3 is 2.68 bits per heavy atom. The van der Waals surface area contributed by atoms with Crippen LogP contribution in [0.25, 0.3) is 11.3 Å². The lowest BCUT2D eigenvalue weighted by Gasteiger charge is -2.26. The standard InChI is InChI=1S/C13H12F2N2OS/c14-10-2-1-9(7-11(10)15)12-8-19-13(16-12)17-3-5-18-6-4-17/h1-2,7-8H,3-6H2. The van der Waals surface area contributed by atoms with Crippen molar-refractivity contribution in [2.75, 3.05) is 31.2 Å². The molecule has 2 heterocycles. The van der Waals surface area contributed by atoms with Gasteiger partial charge in [-0.1, -0.05) is 0 Å². The van der Waals surface area contributed by atoms with Crippen molar-refractivity contribution in [1.82, 2.24) is 4.98 Å². The summed E-state index contributed by atoms with van der Waals surface area (Å²) in [6.45, 7) is 3.01. The number of aromatic nitrogens is 1. The van der Waals surface area contributed by atoms with Gasteiger partial charge in [0, 0.05) is 24.0 Å². The molecule has 0 radical (unpaired) electrons. The first-order valence-corrected chi connectivity index (χ1v) is 6.85. The summed E-state index contributed by atoms with van der Waals surface area (Å²) in [6.07, 6.45) is 0. The highest BCUT2D eigenvalue weighted by molar-refractivity contribution is 7.14. The number of hydrogen-bond donors (Lipinski definition) is 0. The third kappa shape index (κ3) is 2.59. The number of hydrogen-bond acceptors (Lipinski definition) is 4. The lowest BCUT2D eigenvalue weighted by molar-refractivity contribution is 0.122. The van der Waals surface area contributed by atoms with E-state index in [1.807, 2.05) is 5.38 Å². The van der Waals surface area contributed by atoms with Crippen molar-refractivity contribution in [2.24, 2.45) is 0 Å². The van der Waals surface area contributed by atoms with E-state index in [-0.39, 0.29) is 0 Å². The molecule has 0 bridgehead atoms. The molecule has 0 N–H and O–H groups in total. The van der Waals surface area contributed by atoms with Gasteiger partial charge in [0.15, 0.2) is 16.8 Å². The van der Waals surface area contributed by atoms with E-state index >= 15 is 0 Å². The van der Waals surface area contributed by atoms with Gasteiger partial charge in [-0.3, -0.25) is 0 Å². The Labute approximate surface area is 113 Å². The Morgan fingerprint density at radius 2 is 1.95 bits per heavy atom. The van der Waals surface area contributed by atoms with E-state index in [1.54, 1.807) is 0 Å². The monoisotopic (exact) mass is 282 g/mol. The molecule has 6 heteroatoms. The molecule has 1 aliphatic heterocycles. The van der Waals surface area contributed by atoms with Crippen molar-refractivity contribution in [1.29, 1.82) is 0 Å². The molecule has 19 heavy (non-hydrogen) atoms. The fourth-order valence-electron chi connectivity index (χ4n) is 1.95. The van der Waals surface area contributed by atoms with Crippen molar-refractivity contribution in [3.05, 3.63) is 35.2 Å². The highest BCUT2D eigenvalue weighted by Crippen LogP contribution is 2.28. The maximum atomic E-state index is 13.2. The van der Waals surface area contributed by atoms with Crippen LogP contribution >= 0.6 is 11.3 Å². The second-order valence-electron chi connectivity index (χ2n) is 4.24. The first-order valence-electron chi connectivity index (χ1n) is 5.98. The van der Waals surface area contributed by atoms with E-state index in [1.165, 1.54) is 23.5 Å². The van der Waals surface area contributed by atoms with Gasteiger partial charge in [-0.05, 0) is 18.2 Å². The van der Waals surface area contributed by atoms with Crippen molar-refractivity contribution in [3.63, 3.8) is 0 Å². The van der Waals surface area contributed by atoms with Crippen LogP contribution in [-0.2, 0) is 4.74 Å². The van der Waals surface area contributed by atoms with Crippen molar-refractivity contribution >= 4 is 16.5 Å². The Balaban J connectivity index is 1.85. The van der Waals surface area contributed by atoms with Gasteiger partial charge in [-0.2, -0.15) is 0 Å². The third-order valence-electron chi connectivity index (χ3n) is 2.99. The lowest BCUT2D eigenvalue weighted by Crippen LogP contribution is -2.36. The molecule has 0 atom stereocenters. The largest absolute Gasteiger partial charge is 0.378 e. The van der Waals surface area contributed by atoms with Gasteiger partial charge in [-0.25, -0.2) is 13.8 Å². The van der Waals surface area contributed by atoms with E-state index in [0.717, 1.165) is 24.3 Å². The molecule has 0 unspecified atom stereocenters. The fraction of sp³-hybridized carbons (Fsp3) is 0.308. The summed E-state index contributed by atoms with van der Waals surface area (Å²) in [6, 6.07) is 3.84. The lowest BCUT2D eigenvalue weighted by atomic mass is 10.2. The average Bonchev–Trinajstić information content (AvgIpc) is 2.93. The summed E-state index contributed by atoms with van der Waals surface area (Å²) in [4.78, 5) is 6.61. The van der Waals surface area contributed by atoms with Crippen molar-refractivity contribution in [2.45, 2.75) is 0 Å². The molecule has 1 saturated heterocycles. The molecule has 0 spiro atoms. The van der Waals surface area contributed by atoms with E-state index < -0.39 is 11.6 Å². The zero-order valence-electron chi connectivity index (χ0n) is 10.1. The van der Waals surface area contributed by atoms with Crippen LogP contribution in [0.3, 0.4) is 0 Å². The van der Waals surface area contributed by atoms with E-state index in [9.17, 15) is 8.78 Å². The van der Waals surface area contributed by atoms with Gasteiger partial charge < -0.3 is 9.64 Å². The van der Waals surface area contributed by atoms with Crippen LogP contribution < -0.4 is 4.90 Å². The van der Waals surface area contributed by atoms with Gasteiger partial charge in [0.1, 0.15) is 0 Å². The molecule has 3 rings (SSSR count). The Morgan fingerprint density at radius 1 is 1.16 bits per heavy atom. The molecule has 0 aliphatic carbocycles. The number of halogens is 2. The summed E-state index contributed by atoms with van der Waals surface area (Å²) in [7, 11) is 0. The summed E-state index contributed by atoms with van der Waals surface area (Å²) in [5, 5.41) is 2.75. The molecule has 2 aromatic rings. The van der Waals surface area contributed by atoms with Gasteiger partial charge in [0.25, 0.3) is 0 Å². The molecule has 100 valence electrons. The molecular formula is C13H12F2N2OS. The van der Waals surface area contributed by atoms with Gasteiger partial charge in [-0.15, -0.1) is 11.3 Å². The highest BCUT2D eigenvalue weighted by Gasteiger charge is 2.15. The maximum Gasteiger partial charge on any atom is 0.186 e.